The summed E-state index contributed by atoms with van der Waals surface area (Å²) in [6.07, 6.45) is 0. The molecular formula is C16H19NO4. The summed E-state index contributed by atoms with van der Waals surface area (Å²) in [6, 6.07) is 10.8. The Balaban J connectivity index is 2.02. The van der Waals surface area contributed by atoms with Gasteiger partial charge in [0.2, 0.25) is 5.76 Å². The lowest BCUT2D eigenvalue weighted by atomic mass is 10.2. The van der Waals surface area contributed by atoms with Crippen molar-refractivity contribution < 1.29 is 19.1 Å². The number of carboxylic acid groups (broad SMARTS) is 1. The summed E-state index contributed by atoms with van der Waals surface area (Å²) in [5.41, 5.74) is 1.10. The van der Waals surface area contributed by atoms with Crippen LogP contribution in [0.25, 0.3) is 0 Å². The van der Waals surface area contributed by atoms with Gasteiger partial charge < -0.3 is 19.2 Å². The van der Waals surface area contributed by atoms with E-state index in [4.69, 9.17) is 14.3 Å². The summed E-state index contributed by atoms with van der Waals surface area (Å²) in [6.45, 7) is 6.27. The minimum absolute atomic E-state index is 0.0782. The fourth-order valence-corrected chi connectivity index (χ4v) is 2.08. The fourth-order valence-electron chi connectivity index (χ4n) is 2.08. The van der Waals surface area contributed by atoms with E-state index in [0.717, 1.165) is 24.5 Å². The monoisotopic (exact) mass is 289 g/mol. The molecule has 0 fully saturated rings. The van der Waals surface area contributed by atoms with Crippen LogP contribution < -0.4 is 9.64 Å². The van der Waals surface area contributed by atoms with Crippen molar-refractivity contribution in [3.63, 3.8) is 0 Å². The van der Waals surface area contributed by atoms with Crippen molar-refractivity contribution in [2.45, 2.75) is 20.5 Å². The summed E-state index contributed by atoms with van der Waals surface area (Å²) < 4.78 is 10.8. The van der Waals surface area contributed by atoms with Crippen LogP contribution in [-0.4, -0.2) is 24.2 Å². The molecule has 0 bridgehead atoms. The summed E-state index contributed by atoms with van der Waals surface area (Å²) >= 11 is 0. The van der Waals surface area contributed by atoms with E-state index in [9.17, 15) is 4.79 Å². The Morgan fingerprint density at radius 1 is 1.24 bits per heavy atom. The maximum absolute atomic E-state index is 10.7. The number of benzene rings is 1. The zero-order chi connectivity index (χ0) is 15.2. The highest BCUT2D eigenvalue weighted by molar-refractivity contribution is 5.84. The molecule has 0 saturated carbocycles. The van der Waals surface area contributed by atoms with E-state index >= 15 is 0 Å². The van der Waals surface area contributed by atoms with Crippen molar-refractivity contribution in [2.75, 3.05) is 18.0 Å². The molecule has 21 heavy (non-hydrogen) atoms. The lowest BCUT2D eigenvalue weighted by Gasteiger charge is -2.21. The molecule has 0 atom stereocenters. The molecule has 1 heterocycles. The Labute approximate surface area is 123 Å². The van der Waals surface area contributed by atoms with Gasteiger partial charge in [-0.1, -0.05) is 6.07 Å². The second kappa shape index (κ2) is 6.83. The number of aromatic carboxylic acids is 1. The van der Waals surface area contributed by atoms with Crippen LogP contribution >= 0.6 is 0 Å². The number of rotatable bonds is 7. The number of hydrogen-bond donors (Lipinski definition) is 1. The molecule has 2 aromatic rings. The third-order valence-corrected chi connectivity index (χ3v) is 3.20. The SMILES string of the molecule is CCN(CC)c1cccc(OCc2ccc(C(=O)O)o2)c1. The highest BCUT2D eigenvalue weighted by Gasteiger charge is 2.09. The van der Waals surface area contributed by atoms with Gasteiger partial charge in [-0.3, -0.25) is 0 Å². The van der Waals surface area contributed by atoms with Crippen LogP contribution in [0.1, 0.15) is 30.2 Å². The Bertz CT molecular complexity index is 602. The van der Waals surface area contributed by atoms with Gasteiger partial charge >= 0.3 is 5.97 Å². The number of anilines is 1. The number of carboxylic acids is 1. The zero-order valence-electron chi connectivity index (χ0n) is 12.2. The van der Waals surface area contributed by atoms with Gasteiger partial charge in [-0.25, -0.2) is 4.79 Å². The first kappa shape index (κ1) is 15.0. The predicted octanol–water partition coefficient (Wildman–Crippen LogP) is 3.40. The second-order valence-electron chi connectivity index (χ2n) is 4.53. The molecule has 2 rings (SSSR count). The summed E-state index contributed by atoms with van der Waals surface area (Å²) in [7, 11) is 0. The Morgan fingerprint density at radius 2 is 2.00 bits per heavy atom. The Morgan fingerprint density at radius 3 is 2.62 bits per heavy atom. The van der Waals surface area contributed by atoms with Crippen molar-refractivity contribution in [2.24, 2.45) is 0 Å². The average molecular weight is 289 g/mol. The normalized spacial score (nSPS) is 10.4. The van der Waals surface area contributed by atoms with Gasteiger partial charge in [-0.15, -0.1) is 0 Å². The first-order valence-corrected chi connectivity index (χ1v) is 6.93. The zero-order valence-corrected chi connectivity index (χ0v) is 12.2. The molecular weight excluding hydrogens is 270 g/mol. The van der Waals surface area contributed by atoms with Crippen LogP contribution in [-0.2, 0) is 6.61 Å². The van der Waals surface area contributed by atoms with Crippen LogP contribution in [0.4, 0.5) is 5.69 Å². The third-order valence-electron chi connectivity index (χ3n) is 3.20. The van der Waals surface area contributed by atoms with Gasteiger partial charge in [0.1, 0.15) is 18.1 Å². The molecule has 0 aliphatic rings. The fraction of sp³-hybridized carbons (Fsp3) is 0.312. The van der Waals surface area contributed by atoms with E-state index in [1.54, 1.807) is 6.07 Å². The molecule has 0 spiro atoms. The van der Waals surface area contributed by atoms with Gasteiger partial charge in [0.15, 0.2) is 0 Å². The number of nitrogens with zero attached hydrogens (tertiary/aromatic N) is 1. The topological polar surface area (TPSA) is 62.9 Å². The molecule has 5 nitrogen and oxygen atoms in total. The minimum atomic E-state index is -1.08. The average Bonchev–Trinajstić information content (AvgIpc) is 2.96. The van der Waals surface area contributed by atoms with Crippen LogP contribution in [0.5, 0.6) is 5.75 Å². The van der Waals surface area contributed by atoms with Crippen LogP contribution in [0, 0.1) is 0 Å². The van der Waals surface area contributed by atoms with Gasteiger partial charge in [-0.05, 0) is 38.1 Å². The lowest BCUT2D eigenvalue weighted by molar-refractivity contribution is 0.0658. The third kappa shape index (κ3) is 3.78. The Kier molecular flexibility index (Phi) is 4.87. The molecule has 112 valence electrons. The van der Waals surface area contributed by atoms with E-state index in [1.807, 2.05) is 24.3 Å². The van der Waals surface area contributed by atoms with E-state index < -0.39 is 5.97 Å². The second-order valence-corrected chi connectivity index (χ2v) is 4.53. The Hall–Kier alpha value is -2.43. The maximum Gasteiger partial charge on any atom is 0.371 e. The first-order chi connectivity index (χ1) is 10.1. The molecule has 0 amide bonds. The highest BCUT2D eigenvalue weighted by Crippen LogP contribution is 2.22. The van der Waals surface area contributed by atoms with Gasteiger partial charge in [0.05, 0.1) is 0 Å². The van der Waals surface area contributed by atoms with Gasteiger partial charge in [0, 0.05) is 24.8 Å². The quantitative estimate of drug-likeness (QED) is 0.846. The molecule has 0 aliphatic carbocycles. The molecule has 0 radical (unpaired) electrons. The number of hydrogen-bond acceptors (Lipinski definition) is 4. The predicted molar refractivity (Wildman–Crippen MR) is 80.0 cm³/mol. The largest absolute Gasteiger partial charge is 0.486 e. The van der Waals surface area contributed by atoms with Crippen molar-refractivity contribution in [1.82, 2.24) is 0 Å². The van der Waals surface area contributed by atoms with Crippen molar-refractivity contribution >= 4 is 11.7 Å². The molecule has 1 N–H and O–H groups in total. The molecule has 1 aromatic heterocycles. The number of furan rings is 1. The smallest absolute Gasteiger partial charge is 0.371 e. The van der Waals surface area contributed by atoms with Crippen LogP contribution in [0.15, 0.2) is 40.8 Å². The first-order valence-electron chi connectivity index (χ1n) is 6.93. The highest BCUT2D eigenvalue weighted by atomic mass is 16.5. The lowest BCUT2D eigenvalue weighted by Crippen LogP contribution is -2.21. The van der Waals surface area contributed by atoms with Gasteiger partial charge in [-0.2, -0.15) is 0 Å². The number of ether oxygens (including phenoxy) is 1. The van der Waals surface area contributed by atoms with Gasteiger partial charge in [0.25, 0.3) is 0 Å². The van der Waals surface area contributed by atoms with E-state index in [0.29, 0.717) is 5.76 Å². The summed E-state index contributed by atoms with van der Waals surface area (Å²) in [5.74, 6) is 0.0589. The van der Waals surface area contributed by atoms with Crippen LogP contribution in [0.3, 0.4) is 0 Å². The van der Waals surface area contributed by atoms with E-state index in [2.05, 4.69) is 18.7 Å². The standard InChI is InChI=1S/C16H19NO4/c1-3-17(4-2)12-6-5-7-13(10-12)20-11-14-8-9-15(21-14)16(18)19/h5-10H,3-4,11H2,1-2H3,(H,18,19). The molecule has 1 aromatic carbocycles. The molecule has 0 unspecified atom stereocenters. The molecule has 0 saturated heterocycles. The van der Waals surface area contributed by atoms with Crippen molar-refractivity contribution in [1.29, 1.82) is 0 Å². The van der Waals surface area contributed by atoms with E-state index in [-0.39, 0.29) is 12.4 Å². The van der Waals surface area contributed by atoms with E-state index in [1.165, 1.54) is 6.07 Å². The maximum atomic E-state index is 10.7. The molecule has 0 aliphatic heterocycles. The van der Waals surface area contributed by atoms with Crippen molar-refractivity contribution in [3.05, 3.63) is 47.9 Å². The summed E-state index contributed by atoms with van der Waals surface area (Å²) in [4.78, 5) is 13.0. The number of carbonyl (C=O) groups is 1. The minimum Gasteiger partial charge on any atom is -0.486 e. The summed E-state index contributed by atoms with van der Waals surface area (Å²) in [5, 5.41) is 8.80. The van der Waals surface area contributed by atoms with Crippen molar-refractivity contribution in [3.8, 4) is 5.75 Å². The van der Waals surface area contributed by atoms with Crippen LogP contribution in [0.2, 0.25) is 0 Å². The molecule has 5 heteroatoms.